The molecule has 0 saturated carbocycles. The predicted molar refractivity (Wildman–Crippen MR) is 233 cm³/mol. The summed E-state index contributed by atoms with van der Waals surface area (Å²) in [5.74, 6) is -0.215. The summed E-state index contributed by atoms with van der Waals surface area (Å²) >= 11 is 0. The van der Waals surface area contributed by atoms with Gasteiger partial charge in [-0.05, 0) is 35.1 Å². The minimum Gasteiger partial charge on any atom is -1.00 e. The van der Waals surface area contributed by atoms with Gasteiger partial charge in [0.1, 0.15) is 25.7 Å². The zero-order valence-electron chi connectivity index (χ0n) is 36.4. The Morgan fingerprint density at radius 1 is 0.587 bits per heavy atom. The number of unbranched alkanes of at least 4 members (excludes halogenated alkanes) is 4. The number of halogens is 2. The van der Waals surface area contributed by atoms with Crippen LogP contribution in [0.5, 0.6) is 0 Å². The van der Waals surface area contributed by atoms with Crippen LogP contribution < -0.4 is 34.0 Å². The molecule has 0 aromatic heterocycles. The molecular formula is C52H62Br2N2O7. The van der Waals surface area contributed by atoms with Crippen molar-refractivity contribution < 1.29 is 76.9 Å². The van der Waals surface area contributed by atoms with Crippen LogP contribution in [-0.4, -0.2) is 108 Å². The SMILES string of the molecule is CCCCCCC[N+]12CCC(CC1)[C@@H](OC(=O)C1(O)c3ccccc3-c3ccccc31)C2.O=C(O[C@H]1C[N+]2(CC3CO3)CCC1CC2)C1(O)c2ccccc2-c2ccccc21.[Br-].[Br-]. The van der Waals surface area contributed by atoms with Crippen molar-refractivity contribution in [2.75, 3.05) is 59.0 Å². The minimum atomic E-state index is -1.73. The number of esters is 2. The highest BCUT2D eigenvalue weighted by atomic mass is 79.9. The highest BCUT2D eigenvalue weighted by Gasteiger charge is 2.55. The number of ether oxygens (including phenoxy) is 3. The molecule has 11 heteroatoms. The first-order valence-corrected chi connectivity index (χ1v) is 23.2. The number of hydrogen-bond acceptors (Lipinski definition) is 7. The quantitative estimate of drug-likeness (QED) is 0.0961. The molecule has 7 aliphatic heterocycles. The molecule has 2 N–H and O–H groups in total. The molecule has 9 aliphatic rings. The molecule has 7 heterocycles. The standard InChI is InChI=1S/C28H36NO3.C24H26NO4.2BrH/c1-2-3-4-5-10-17-29-18-15-21(16-19-29)26(20-29)32-27(30)28(31)24-13-8-6-11-22(24)23-12-7-9-14-25(23)28;26-23(29-22-14-25(13-17-15-28-17)11-9-16(22)10-12-25)24(27)20-7-3-1-5-18(20)19-6-2-4-8-21(19)24;;/h6-9,11-14,21,26,31H,2-5,10,15-20H2,1H3;1-8,16-17,22,27H,9-15H2;2*1H/q2*+1;;/p-2/t21?,26-,29?;16?,17?,22-,25?;;/m00../s1. The van der Waals surface area contributed by atoms with Crippen LogP contribution in [0.4, 0.5) is 0 Å². The Bertz CT molecular complexity index is 2190. The van der Waals surface area contributed by atoms with Gasteiger partial charge in [0.15, 0.2) is 12.2 Å². The van der Waals surface area contributed by atoms with E-state index >= 15 is 0 Å². The molecule has 13 rings (SSSR count). The van der Waals surface area contributed by atoms with Crippen LogP contribution in [0.25, 0.3) is 22.3 Å². The number of fused-ring (bicyclic) bond motifs is 12. The van der Waals surface area contributed by atoms with Crippen LogP contribution >= 0.6 is 0 Å². The van der Waals surface area contributed by atoms with Gasteiger partial charge in [-0.3, -0.25) is 0 Å². The number of nitrogens with zero attached hydrogens (tertiary/aromatic N) is 2. The van der Waals surface area contributed by atoms with E-state index in [9.17, 15) is 19.8 Å². The van der Waals surface area contributed by atoms with E-state index in [4.69, 9.17) is 14.2 Å². The summed E-state index contributed by atoms with van der Waals surface area (Å²) in [6, 6.07) is 30.6. The van der Waals surface area contributed by atoms with Crippen molar-refractivity contribution in [3.05, 3.63) is 119 Å². The van der Waals surface area contributed by atoms with E-state index in [0.717, 1.165) is 96.2 Å². The largest absolute Gasteiger partial charge is 1.00 e. The molecule has 1 unspecified atom stereocenters. The lowest BCUT2D eigenvalue weighted by molar-refractivity contribution is -0.946. The average Bonchev–Trinajstić information content (AvgIpc) is 4.02. The van der Waals surface area contributed by atoms with Crippen LogP contribution in [0.2, 0.25) is 0 Å². The number of rotatable bonds is 12. The van der Waals surface area contributed by atoms with Crippen molar-refractivity contribution in [3.8, 4) is 22.3 Å². The summed E-state index contributed by atoms with van der Waals surface area (Å²) in [4.78, 5) is 27.1. The number of aliphatic hydroxyl groups is 2. The van der Waals surface area contributed by atoms with Gasteiger partial charge < -0.3 is 67.4 Å². The third-order valence-electron chi connectivity index (χ3n) is 15.8. The van der Waals surface area contributed by atoms with Crippen molar-refractivity contribution in [1.82, 2.24) is 0 Å². The number of carbonyl (C=O) groups is 2. The predicted octanol–water partition coefficient (Wildman–Crippen LogP) is 1.49. The molecular weight excluding hydrogens is 924 g/mol. The Balaban J connectivity index is 0.000000168. The van der Waals surface area contributed by atoms with Gasteiger partial charge >= 0.3 is 11.9 Å². The molecule has 4 aromatic carbocycles. The van der Waals surface area contributed by atoms with E-state index in [0.29, 0.717) is 40.2 Å². The number of carbonyl (C=O) groups excluding carboxylic acids is 2. The summed E-state index contributed by atoms with van der Waals surface area (Å²) in [6.07, 6.45) is 11.0. The Hall–Kier alpha value is -3.42. The monoisotopic (exact) mass is 984 g/mol. The number of quaternary nitrogens is 2. The topological polar surface area (TPSA) is 106 Å². The minimum absolute atomic E-state index is 0. The van der Waals surface area contributed by atoms with E-state index in [2.05, 4.69) is 6.92 Å². The fourth-order valence-electron chi connectivity index (χ4n) is 12.2. The van der Waals surface area contributed by atoms with Gasteiger partial charge in [-0.1, -0.05) is 123 Å². The third kappa shape index (κ3) is 8.27. The van der Waals surface area contributed by atoms with Crippen LogP contribution in [0.15, 0.2) is 97.1 Å². The van der Waals surface area contributed by atoms with Crippen molar-refractivity contribution in [1.29, 1.82) is 0 Å². The second kappa shape index (κ2) is 18.5. The van der Waals surface area contributed by atoms with Gasteiger partial charge in [0.25, 0.3) is 0 Å². The maximum atomic E-state index is 13.6. The maximum Gasteiger partial charge on any atom is 0.348 e. The van der Waals surface area contributed by atoms with E-state index in [-0.39, 0.29) is 46.2 Å². The summed E-state index contributed by atoms with van der Waals surface area (Å²) < 4.78 is 19.9. The summed E-state index contributed by atoms with van der Waals surface area (Å²) in [7, 11) is 0. The van der Waals surface area contributed by atoms with E-state index in [1.807, 2.05) is 97.1 Å². The molecule has 336 valence electrons. The van der Waals surface area contributed by atoms with Crippen molar-refractivity contribution in [2.45, 2.75) is 94.2 Å². The van der Waals surface area contributed by atoms with Crippen LogP contribution in [0.3, 0.4) is 0 Å². The summed E-state index contributed by atoms with van der Waals surface area (Å²) in [5.41, 5.74) is 2.76. The molecule has 3 atom stereocenters. The zero-order chi connectivity index (χ0) is 41.8. The lowest BCUT2D eigenvalue weighted by Gasteiger charge is -2.52. The van der Waals surface area contributed by atoms with E-state index < -0.39 is 23.1 Å². The van der Waals surface area contributed by atoms with Crippen LogP contribution in [-0.2, 0) is 35.0 Å². The van der Waals surface area contributed by atoms with Crippen molar-refractivity contribution in [2.24, 2.45) is 11.8 Å². The molecule has 4 aromatic rings. The molecule has 9 nitrogen and oxygen atoms in total. The Kier molecular flexibility index (Phi) is 13.5. The van der Waals surface area contributed by atoms with Gasteiger partial charge in [0, 0.05) is 59.8 Å². The first-order valence-electron chi connectivity index (χ1n) is 23.2. The Labute approximate surface area is 393 Å². The highest BCUT2D eigenvalue weighted by Crippen LogP contribution is 2.50. The summed E-state index contributed by atoms with van der Waals surface area (Å²) in [5, 5.41) is 23.5. The van der Waals surface area contributed by atoms with Gasteiger partial charge in [-0.25, -0.2) is 9.59 Å². The number of piperidine rings is 6. The smallest absolute Gasteiger partial charge is 0.348 e. The van der Waals surface area contributed by atoms with Gasteiger partial charge in [0.2, 0.25) is 11.2 Å². The molecule has 0 amide bonds. The van der Waals surface area contributed by atoms with Crippen LogP contribution in [0.1, 0.15) is 87.0 Å². The highest BCUT2D eigenvalue weighted by molar-refractivity contribution is 5.97. The molecule has 0 radical (unpaired) electrons. The molecule has 4 bridgehead atoms. The van der Waals surface area contributed by atoms with Crippen molar-refractivity contribution >= 4 is 11.9 Å². The average molecular weight is 987 g/mol. The van der Waals surface area contributed by atoms with Crippen molar-refractivity contribution in [3.63, 3.8) is 0 Å². The fourth-order valence-corrected chi connectivity index (χ4v) is 12.2. The lowest BCUT2D eigenvalue weighted by atomic mass is 9.82. The molecule has 2 aliphatic carbocycles. The normalized spacial score (nSPS) is 29.0. The van der Waals surface area contributed by atoms with E-state index in [1.165, 1.54) is 51.7 Å². The zero-order valence-corrected chi connectivity index (χ0v) is 39.6. The first-order chi connectivity index (χ1) is 29.7. The van der Waals surface area contributed by atoms with Crippen LogP contribution in [0, 0.1) is 11.8 Å². The second-order valence-electron chi connectivity index (χ2n) is 19.4. The van der Waals surface area contributed by atoms with Gasteiger partial charge in [-0.15, -0.1) is 0 Å². The molecule has 63 heavy (non-hydrogen) atoms. The number of hydrogen-bond donors (Lipinski definition) is 2. The Morgan fingerprint density at radius 2 is 0.952 bits per heavy atom. The third-order valence-corrected chi connectivity index (χ3v) is 15.8. The maximum absolute atomic E-state index is 13.6. The molecule has 7 fully saturated rings. The fraction of sp³-hybridized carbons (Fsp3) is 0.500. The molecule has 0 spiro atoms. The second-order valence-corrected chi connectivity index (χ2v) is 19.4. The Morgan fingerprint density at radius 3 is 1.35 bits per heavy atom. The lowest BCUT2D eigenvalue weighted by Crippen LogP contribution is -3.00. The van der Waals surface area contributed by atoms with Gasteiger partial charge in [-0.2, -0.15) is 0 Å². The summed E-state index contributed by atoms with van der Waals surface area (Å²) in [6.45, 7) is 11.8. The number of epoxide rings is 1. The number of benzene rings is 4. The first kappa shape index (κ1) is 46.1. The molecule has 7 saturated heterocycles. The van der Waals surface area contributed by atoms with Gasteiger partial charge in [0.05, 0.1) is 39.3 Å². The van der Waals surface area contributed by atoms with E-state index in [1.54, 1.807) is 0 Å².